The first-order chi connectivity index (χ1) is 5.74. The van der Waals surface area contributed by atoms with Gasteiger partial charge in [0.1, 0.15) is 0 Å². The molecule has 0 aliphatic heterocycles. The lowest BCUT2D eigenvalue weighted by Crippen LogP contribution is -1.77. The fourth-order valence-corrected chi connectivity index (χ4v) is 1.51. The van der Waals surface area contributed by atoms with Gasteiger partial charge in [-0.15, -0.1) is 0 Å². The van der Waals surface area contributed by atoms with Gasteiger partial charge < -0.3 is 0 Å². The van der Waals surface area contributed by atoms with Crippen molar-refractivity contribution in [1.29, 1.82) is 0 Å². The van der Waals surface area contributed by atoms with Crippen molar-refractivity contribution < 1.29 is 0 Å². The molecule has 3 heteroatoms. The molecule has 0 aliphatic rings. The second kappa shape index (κ2) is 4.96. The number of hydrogen-bond acceptors (Lipinski definition) is 1. The highest BCUT2D eigenvalue weighted by Crippen LogP contribution is 2.20. The summed E-state index contributed by atoms with van der Waals surface area (Å²) in [6.07, 6.45) is 0. The third-order valence-corrected chi connectivity index (χ3v) is 2.57. The first-order valence-corrected chi connectivity index (χ1v) is 5.50. The molecule has 0 aliphatic carbocycles. The van der Waals surface area contributed by atoms with E-state index in [1.165, 1.54) is 0 Å². The van der Waals surface area contributed by atoms with Crippen LogP contribution in [0.25, 0.3) is 0 Å². The highest BCUT2D eigenvalue weighted by Gasteiger charge is 1.95. The number of rotatable bonds is 0. The van der Waals surface area contributed by atoms with Gasteiger partial charge in [0, 0.05) is 14.5 Å². The molecule has 0 aromatic heterocycles. The highest BCUT2D eigenvalue weighted by molar-refractivity contribution is 9.11. The molecule has 0 saturated carbocycles. The maximum atomic E-state index is 4.01. The van der Waals surface area contributed by atoms with Gasteiger partial charge in [0.15, 0.2) is 0 Å². The zero-order valence-corrected chi connectivity index (χ0v) is 10.2. The van der Waals surface area contributed by atoms with Gasteiger partial charge in [0.2, 0.25) is 0 Å². The Balaban J connectivity index is 3.05. The molecule has 0 unspecified atom stereocenters. The largest absolute Gasteiger partial charge is 0.166 e. The van der Waals surface area contributed by atoms with E-state index in [9.17, 15) is 0 Å². The van der Waals surface area contributed by atoms with Crippen LogP contribution in [0.1, 0.15) is 5.56 Å². The Morgan fingerprint density at radius 1 is 1.33 bits per heavy atom. The zero-order valence-electron chi connectivity index (χ0n) is 6.14. The summed E-state index contributed by atoms with van der Waals surface area (Å²) < 4.78 is 2.05. The van der Waals surface area contributed by atoms with Crippen LogP contribution in [0, 0.1) is 11.8 Å². The van der Waals surface area contributed by atoms with Crippen molar-refractivity contribution >= 4 is 44.5 Å². The molecule has 0 amide bonds. The third-order valence-electron chi connectivity index (χ3n) is 1.23. The molecule has 0 bridgehead atoms. The monoisotopic (exact) mass is 304 g/mol. The van der Waals surface area contributed by atoms with Crippen LogP contribution in [-0.2, 0) is 0 Å². The van der Waals surface area contributed by atoms with Crippen molar-refractivity contribution in [2.75, 3.05) is 5.75 Å². The molecule has 0 spiro atoms. The molecule has 0 saturated heterocycles. The Hall–Kier alpha value is 0.0900. The maximum Gasteiger partial charge on any atom is 0.0521 e. The van der Waals surface area contributed by atoms with Crippen LogP contribution in [0.15, 0.2) is 27.1 Å². The van der Waals surface area contributed by atoms with Gasteiger partial charge in [-0.1, -0.05) is 27.8 Å². The first-order valence-electron chi connectivity index (χ1n) is 3.29. The van der Waals surface area contributed by atoms with Crippen LogP contribution in [0.5, 0.6) is 0 Å². The maximum absolute atomic E-state index is 4.01. The van der Waals surface area contributed by atoms with Crippen molar-refractivity contribution in [3.63, 3.8) is 0 Å². The predicted molar refractivity (Wildman–Crippen MR) is 62.6 cm³/mol. The average Bonchev–Trinajstić information content (AvgIpc) is 2.07. The van der Waals surface area contributed by atoms with E-state index in [4.69, 9.17) is 0 Å². The third kappa shape index (κ3) is 2.85. The van der Waals surface area contributed by atoms with Crippen LogP contribution < -0.4 is 0 Å². The molecule has 0 N–H and O–H groups in total. The van der Waals surface area contributed by atoms with Crippen molar-refractivity contribution in [2.24, 2.45) is 0 Å². The number of thiol groups is 1. The second-order valence-corrected chi connectivity index (χ2v) is 4.17. The van der Waals surface area contributed by atoms with Crippen LogP contribution >= 0.6 is 44.5 Å². The Labute approximate surface area is 94.4 Å². The summed E-state index contributed by atoms with van der Waals surface area (Å²) in [6.45, 7) is 0. The first kappa shape index (κ1) is 10.2. The van der Waals surface area contributed by atoms with Gasteiger partial charge in [-0.25, -0.2) is 0 Å². The summed E-state index contributed by atoms with van der Waals surface area (Å²) in [7, 11) is 0. The van der Waals surface area contributed by atoms with E-state index in [-0.39, 0.29) is 0 Å². The van der Waals surface area contributed by atoms with Crippen molar-refractivity contribution in [3.8, 4) is 11.8 Å². The highest BCUT2D eigenvalue weighted by atomic mass is 79.9. The van der Waals surface area contributed by atoms with Crippen LogP contribution in [-0.4, -0.2) is 5.75 Å². The fourth-order valence-electron chi connectivity index (χ4n) is 0.728. The molecular weight excluding hydrogens is 300 g/mol. The fraction of sp³-hybridized carbons (Fsp3) is 0.111. The molecule has 1 aromatic rings. The van der Waals surface area contributed by atoms with E-state index in [2.05, 4.69) is 56.3 Å². The van der Waals surface area contributed by atoms with Gasteiger partial charge in [0.25, 0.3) is 0 Å². The minimum atomic E-state index is 0.582. The van der Waals surface area contributed by atoms with E-state index in [1.807, 2.05) is 18.2 Å². The van der Waals surface area contributed by atoms with E-state index < -0.39 is 0 Å². The molecule has 0 radical (unpaired) electrons. The van der Waals surface area contributed by atoms with Crippen molar-refractivity contribution in [2.45, 2.75) is 0 Å². The van der Waals surface area contributed by atoms with Gasteiger partial charge in [-0.05, 0) is 34.1 Å². The molecular formula is C9H6Br2S. The summed E-state index contributed by atoms with van der Waals surface area (Å²) in [6, 6.07) is 5.91. The Morgan fingerprint density at radius 2 is 2.08 bits per heavy atom. The predicted octanol–water partition coefficient (Wildman–Crippen LogP) is 3.49. The molecule has 0 nitrogen and oxygen atoms in total. The molecule has 0 fully saturated rings. The van der Waals surface area contributed by atoms with E-state index in [0.717, 1.165) is 14.5 Å². The summed E-state index contributed by atoms with van der Waals surface area (Å²) >= 11 is 10.8. The topological polar surface area (TPSA) is 0 Å². The second-order valence-electron chi connectivity index (χ2n) is 2.08. The van der Waals surface area contributed by atoms with Gasteiger partial charge in [-0.3, -0.25) is 0 Å². The minimum Gasteiger partial charge on any atom is -0.166 e. The van der Waals surface area contributed by atoms with E-state index in [0.29, 0.717) is 5.75 Å². The van der Waals surface area contributed by atoms with Crippen LogP contribution in [0.4, 0.5) is 0 Å². The van der Waals surface area contributed by atoms with Crippen LogP contribution in [0.3, 0.4) is 0 Å². The summed E-state index contributed by atoms with van der Waals surface area (Å²) in [4.78, 5) is 0. The van der Waals surface area contributed by atoms with Gasteiger partial charge in [-0.2, -0.15) is 12.6 Å². The van der Waals surface area contributed by atoms with E-state index >= 15 is 0 Å². The molecule has 1 rings (SSSR count). The molecule has 1 aromatic carbocycles. The lowest BCUT2D eigenvalue weighted by atomic mass is 10.2. The van der Waals surface area contributed by atoms with E-state index in [1.54, 1.807) is 0 Å². The number of benzene rings is 1. The lowest BCUT2D eigenvalue weighted by molar-refractivity contribution is 1.55. The molecule has 12 heavy (non-hydrogen) atoms. The van der Waals surface area contributed by atoms with Crippen molar-refractivity contribution in [3.05, 3.63) is 32.7 Å². The minimum absolute atomic E-state index is 0.582. The van der Waals surface area contributed by atoms with Crippen molar-refractivity contribution in [1.82, 2.24) is 0 Å². The Morgan fingerprint density at radius 3 is 2.75 bits per heavy atom. The lowest BCUT2D eigenvalue weighted by Gasteiger charge is -1.95. The smallest absolute Gasteiger partial charge is 0.0521 e. The quantitative estimate of drug-likeness (QED) is 0.550. The molecule has 62 valence electrons. The number of hydrogen-bond donors (Lipinski definition) is 1. The SMILES string of the molecule is SCC#Cc1cc(Br)ccc1Br. The normalized spacial score (nSPS) is 8.92. The standard InChI is InChI=1S/C9H6Br2S/c10-8-3-4-9(11)7(6-8)2-1-5-12/h3-4,6,12H,5H2. The van der Waals surface area contributed by atoms with Gasteiger partial charge >= 0.3 is 0 Å². The molecule has 0 heterocycles. The molecule has 0 atom stereocenters. The average molecular weight is 306 g/mol. The Bertz CT molecular complexity index is 336. The Kier molecular flexibility index (Phi) is 4.20. The van der Waals surface area contributed by atoms with Gasteiger partial charge in [0.05, 0.1) is 5.75 Å². The zero-order chi connectivity index (χ0) is 8.97. The summed E-state index contributed by atoms with van der Waals surface area (Å²) in [5, 5.41) is 0. The summed E-state index contributed by atoms with van der Waals surface area (Å²) in [5.74, 6) is 6.48. The number of halogens is 2. The van der Waals surface area contributed by atoms with Crippen LogP contribution in [0.2, 0.25) is 0 Å². The summed E-state index contributed by atoms with van der Waals surface area (Å²) in [5.41, 5.74) is 0.985.